The Hall–Kier alpha value is -2.37. The zero-order chi connectivity index (χ0) is 22.6. The normalized spacial score (nSPS) is 12.3. The summed E-state index contributed by atoms with van der Waals surface area (Å²) < 4.78 is 0. The van der Waals surface area contributed by atoms with Gasteiger partial charge in [-0.05, 0) is 25.0 Å². The minimum Gasteiger partial charge on any atom is -0.324 e. The smallest absolute Gasteiger partial charge is 0.230 e. The lowest BCUT2D eigenvalue weighted by atomic mass is 9.89. The monoisotopic (exact) mass is 403 g/mol. The summed E-state index contributed by atoms with van der Waals surface area (Å²) >= 11 is 0. The lowest BCUT2D eigenvalue weighted by Crippen LogP contribution is -2.33. The van der Waals surface area contributed by atoms with Gasteiger partial charge < -0.3 is 16.0 Å². The van der Waals surface area contributed by atoms with Crippen molar-refractivity contribution in [1.29, 1.82) is 0 Å². The van der Waals surface area contributed by atoms with E-state index in [4.69, 9.17) is 0 Å². The van der Waals surface area contributed by atoms with E-state index in [1.54, 1.807) is 18.2 Å². The van der Waals surface area contributed by atoms with Gasteiger partial charge in [0.1, 0.15) is 0 Å². The molecule has 6 nitrogen and oxygen atoms in total. The van der Waals surface area contributed by atoms with E-state index in [-0.39, 0.29) is 17.7 Å². The second-order valence-corrected chi connectivity index (χ2v) is 9.82. The Balaban J connectivity index is 3.40. The number of nitrogens with one attached hydrogen (secondary N) is 3. The molecule has 162 valence electrons. The molecule has 0 aliphatic heterocycles. The summed E-state index contributed by atoms with van der Waals surface area (Å²) in [6, 6.07) is 5.20. The quantitative estimate of drug-likeness (QED) is 0.568. The van der Waals surface area contributed by atoms with Gasteiger partial charge in [0.25, 0.3) is 0 Å². The zero-order valence-electron chi connectivity index (χ0n) is 19.4. The Morgan fingerprint density at radius 1 is 0.690 bits per heavy atom. The van der Waals surface area contributed by atoms with Crippen LogP contribution in [-0.4, -0.2) is 17.7 Å². The Morgan fingerprint density at radius 3 is 1.38 bits per heavy atom. The van der Waals surface area contributed by atoms with Crippen LogP contribution >= 0.6 is 0 Å². The van der Waals surface area contributed by atoms with Crippen LogP contribution in [0.15, 0.2) is 18.2 Å². The number of carbonyl (C=O) groups is 3. The van der Waals surface area contributed by atoms with Crippen LogP contribution in [0.1, 0.15) is 75.2 Å². The van der Waals surface area contributed by atoms with Gasteiger partial charge in [0, 0.05) is 16.2 Å². The van der Waals surface area contributed by atoms with Gasteiger partial charge in [-0.25, -0.2) is 0 Å². The molecule has 0 bridgehead atoms. The highest BCUT2D eigenvalue weighted by Crippen LogP contribution is 2.35. The van der Waals surface area contributed by atoms with Crippen molar-refractivity contribution in [3.05, 3.63) is 18.2 Å². The number of hydrogen-bond donors (Lipinski definition) is 3. The van der Waals surface area contributed by atoms with Crippen molar-refractivity contribution in [3.63, 3.8) is 0 Å². The summed E-state index contributed by atoms with van der Waals surface area (Å²) in [6.45, 7) is 16.8. The number of carbonyl (C=O) groups excluding carboxylic acids is 3. The van der Waals surface area contributed by atoms with Gasteiger partial charge in [0.2, 0.25) is 17.7 Å². The van der Waals surface area contributed by atoms with Crippen LogP contribution in [-0.2, 0) is 14.4 Å². The molecule has 0 saturated carbocycles. The van der Waals surface area contributed by atoms with E-state index in [0.717, 1.165) is 0 Å². The molecule has 0 unspecified atom stereocenters. The van der Waals surface area contributed by atoms with Gasteiger partial charge in [-0.1, -0.05) is 68.4 Å². The van der Waals surface area contributed by atoms with Crippen molar-refractivity contribution in [2.45, 2.75) is 75.2 Å². The number of rotatable bonds is 7. The molecule has 1 aromatic rings. The lowest BCUT2D eigenvalue weighted by molar-refractivity contribution is -0.124. The average Bonchev–Trinajstić information content (AvgIpc) is 2.62. The molecule has 0 atom stereocenters. The van der Waals surface area contributed by atoms with Crippen LogP contribution in [0.2, 0.25) is 0 Å². The van der Waals surface area contributed by atoms with Crippen molar-refractivity contribution in [2.24, 2.45) is 16.2 Å². The molecule has 3 N–H and O–H groups in total. The molecule has 0 aliphatic rings. The first kappa shape index (κ1) is 24.7. The topological polar surface area (TPSA) is 87.3 Å². The molecule has 1 rings (SSSR count). The fourth-order valence-electron chi connectivity index (χ4n) is 2.10. The summed E-state index contributed by atoms with van der Waals surface area (Å²) in [5, 5.41) is 8.74. The summed E-state index contributed by atoms with van der Waals surface area (Å²) in [4.78, 5) is 38.1. The third kappa shape index (κ3) is 6.31. The van der Waals surface area contributed by atoms with Gasteiger partial charge in [-0.3, -0.25) is 14.4 Å². The minimum absolute atomic E-state index is 0.149. The Kier molecular flexibility index (Phi) is 7.63. The summed E-state index contributed by atoms with van der Waals surface area (Å²) in [6.07, 6.45) is 1.34. The third-order valence-corrected chi connectivity index (χ3v) is 5.48. The maximum Gasteiger partial charge on any atom is 0.230 e. The summed E-state index contributed by atoms with van der Waals surface area (Å²) in [5.74, 6) is -0.508. The standard InChI is InChI=1S/C23H37N3O3/c1-10-22(6,7)19(28)24-15-13-12-14-16(25-20(29)23(8,9)11-2)17(15)26-18(27)21(3,4)5/h12-14H,10-11H2,1-9H3,(H,24,28)(H,25,29)(H,26,27). The fraction of sp³-hybridized carbons (Fsp3) is 0.609. The maximum absolute atomic E-state index is 12.7. The van der Waals surface area contributed by atoms with Crippen molar-refractivity contribution in [1.82, 2.24) is 0 Å². The molecule has 0 aliphatic carbocycles. The molecular formula is C23H37N3O3. The molecule has 3 amide bonds. The van der Waals surface area contributed by atoms with Crippen LogP contribution in [0.25, 0.3) is 0 Å². The Bertz CT molecular complexity index is 726. The van der Waals surface area contributed by atoms with E-state index in [1.165, 1.54) is 0 Å². The van der Waals surface area contributed by atoms with E-state index in [0.29, 0.717) is 29.9 Å². The predicted molar refractivity (Wildman–Crippen MR) is 120 cm³/mol. The SMILES string of the molecule is CCC(C)(C)C(=O)Nc1cccc(NC(=O)C(C)(C)CC)c1NC(=O)C(C)(C)C. The minimum atomic E-state index is -0.635. The molecule has 0 radical (unpaired) electrons. The highest BCUT2D eigenvalue weighted by molar-refractivity contribution is 6.08. The Labute approximate surface area is 175 Å². The van der Waals surface area contributed by atoms with Crippen molar-refractivity contribution >= 4 is 34.8 Å². The van der Waals surface area contributed by atoms with Crippen molar-refractivity contribution < 1.29 is 14.4 Å². The number of anilines is 3. The molecule has 1 aromatic carbocycles. The molecule has 0 heterocycles. The second-order valence-electron chi connectivity index (χ2n) is 9.82. The lowest BCUT2D eigenvalue weighted by Gasteiger charge is -2.26. The largest absolute Gasteiger partial charge is 0.324 e. The van der Waals surface area contributed by atoms with Crippen LogP contribution in [0, 0.1) is 16.2 Å². The third-order valence-electron chi connectivity index (χ3n) is 5.48. The highest BCUT2D eigenvalue weighted by Gasteiger charge is 2.30. The van der Waals surface area contributed by atoms with Gasteiger partial charge in [-0.15, -0.1) is 0 Å². The molecule has 29 heavy (non-hydrogen) atoms. The molecular weight excluding hydrogens is 366 g/mol. The maximum atomic E-state index is 12.7. The first-order valence-electron chi connectivity index (χ1n) is 10.2. The van der Waals surface area contributed by atoms with Crippen molar-refractivity contribution in [3.8, 4) is 0 Å². The van der Waals surface area contributed by atoms with Crippen LogP contribution in [0.4, 0.5) is 17.1 Å². The first-order chi connectivity index (χ1) is 13.2. The first-order valence-corrected chi connectivity index (χ1v) is 10.2. The fourth-order valence-corrected chi connectivity index (χ4v) is 2.10. The highest BCUT2D eigenvalue weighted by atomic mass is 16.2. The van der Waals surface area contributed by atoms with Gasteiger partial charge in [0.15, 0.2) is 0 Å². The van der Waals surface area contributed by atoms with Crippen LogP contribution in [0.5, 0.6) is 0 Å². The van der Waals surface area contributed by atoms with Crippen molar-refractivity contribution in [2.75, 3.05) is 16.0 Å². The molecule has 6 heteroatoms. The number of hydrogen-bond acceptors (Lipinski definition) is 3. The van der Waals surface area contributed by atoms with E-state index in [2.05, 4.69) is 16.0 Å². The van der Waals surface area contributed by atoms with Gasteiger partial charge >= 0.3 is 0 Å². The molecule has 0 spiro atoms. The van der Waals surface area contributed by atoms with E-state index >= 15 is 0 Å². The van der Waals surface area contributed by atoms with Gasteiger partial charge in [0.05, 0.1) is 17.1 Å². The van der Waals surface area contributed by atoms with E-state index in [9.17, 15) is 14.4 Å². The molecule has 0 fully saturated rings. The second kappa shape index (κ2) is 8.97. The van der Waals surface area contributed by atoms with Gasteiger partial charge in [-0.2, -0.15) is 0 Å². The number of amides is 3. The summed E-state index contributed by atoms with van der Waals surface area (Å²) in [5.41, 5.74) is -0.441. The summed E-state index contributed by atoms with van der Waals surface area (Å²) in [7, 11) is 0. The number of benzene rings is 1. The zero-order valence-corrected chi connectivity index (χ0v) is 19.4. The average molecular weight is 404 g/mol. The predicted octanol–water partition coefficient (Wildman–Crippen LogP) is 5.42. The molecule has 0 aromatic heterocycles. The van der Waals surface area contributed by atoms with Crippen LogP contribution < -0.4 is 16.0 Å². The van der Waals surface area contributed by atoms with Crippen LogP contribution in [0.3, 0.4) is 0 Å². The Morgan fingerprint density at radius 2 is 1.07 bits per heavy atom. The molecule has 0 saturated heterocycles. The van der Waals surface area contributed by atoms with E-state index < -0.39 is 16.2 Å². The number of para-hydroxylation sites is 1. The van der Waals surface area contributed by atoms with E-state index in [1.807, 2.05) is 62.3 Å².